The molecule has 0 aliphatic rings. The van der Waals surface area contributed by atoms with Gasteiger partial charge in [-0.15, -0.1) is 0 Å². The number of fused-ring (bicyclic) bond motifs is 9. The van der Waals surface area contributed by atoms with E-state index in [0.29, 0.717) is 0 Å². The Labute approximate surface area is 280 Å². The third-order valence-electron chi connectivity index (χ3n) is 10.3. The molecule has 0 aliphatic heterocycles. The molecule has 8 aromatic carbocycles. The molecular weight excluding hydrogens is 599 g/mol. The van der Waals surface area contributed by atoms with Crippen molar-refractivity contribution in [3.8, 4) is 27.9 Å². The van der Waals surface area contributed by atoms with Crippen molar-refractivity contribution in [2.75, 3.05) is 0 Å². The van der Waals surface area contributed by atoms with Crippen LogP contribution in [0, 0.1) is 0 Å². The maximum absolute atomic E-state index is 6.47. The SMILES string of the molecule is c1ccc(-n2c3ccccc3c3c(-c4c5ccccc5c(-c5cccc6oc7cc8occc8cc7c56)c5ccccc45)cccc32)cc1. The van der Waals surface area contributed by atoms with E-state index >= 15 is 0 Å². The van der Waals surface area contributed by atoms with Crippen LogP contribution >= 0.6 is 0 Å². The number of hydrogen-bond acceptors (Lipinski definition) is 2. The quantitative estimate of drug-likeness (QED) is 0.183. The van der Waals surface area contributed by atoms with Gasteiger partial charge in [0.25, 0.3) is 0 Å². The van der Waals surface area contributed by atoms with Crippen LogP contribution in [0.25, 0.3) is 104 Å². The van der Waals surface area contributed by atoms with Crippen molar-refractivity contribution in [2.45, 2.75) is 0 Å². The summed E-state index contributed by atoms with van der Waals surface area (Å²) < 4.78 is 14.6. The fourth-order valence-electron chi connectivity index (χ4n) is 8.28. The van der Waals surface area contributed by atoms with Gasteiger partial charge >= 0.3 is 0 Å². The van der Waals surface area contributed by atoms with E-state index in [0.717, 1.165) is 44.2 Å². The fraction of sp³-hybridized carbons (Fsp3) is 0. The number of aromatic nitrogens is 1. The Kier molecular flexibility index (Phi) is 5.38. The van der Waals surface area contributed by atoms with E-state index in [1.54, 1.807) is 6.26 Å². The molecule has 0 N–H and O–H groups in total. The second-order valence-corrected chi connectivity index (χ2v) is 12.8. The summed E-state index contributed by atoms with van der Waals surface area (Å²) in [5.74, 6) is 0. The molecule has 49 heavy (non-hydrogen) atoms. The largest absolute Gasteiger partial charge is 0.464 e. The Balaban J connectivity index is 1.29. The predicted molar refractivity (Wildman–Crippen MR) is 204 cm³/mol. The van der Waals surface area contributed by atoms with Gasteiger partial charge in [0, 0.05) is 38.7 Å². The molecule has 3 nitrogen and oxygen atoms in total. The topological polar surface area (TPSA) is 31.2 Å². The lowest BCUT2D eigenvalue weighted by molar-refractivity contribution is 0.613. The lowest BCUT2D eigenvalue weighted by Crippen LogP contribution is -1.94. The Bertz CT molecular complexity index is 3050. The minimum absolute atomic E-state index is 0.830. The maximum Gasteiger partial charge on any atom is 0.139 e. The minimum Gasteiger partial charge on any atom is -0.464 e. The number of furan rings is 2. The summed E-state index contributed by atoms with van der Waals surface area (Å²) in [6, 6.07) is 56.7. The fourth-order valence-corrected chi connectivity index (χ4v) is 8.28. The smallest absolute Gasteiger partial charge is 0.139 e. The van der Waals surface area contributed by atoms with Crippen molar-refractivity contribution in [2.24, 2.45) is 0 Å². The second kappa shape index (κ2) is 9.96. The van der Waals surface area contributed by atoms with Gasteiger partial charge < -0.3 is 13.4 Å². The summed E-state index contributed by atoms with van der Waals surface area (Å²) in [6.45, 7) is 0. The van der Waals surface area contributed by atoms with Crippen LogP contribution in [0.4, 0.5) is 0 Å². The van der Waals surface area contributed by atoms with Crippen LogP contribution < -0.4 is 0 Å². The molecule has 11 rings (SSSR count). The first kappa shape index (κ1) is 26.5. The zero-order chi connectivity index (χ0) is 32.1. The van der Waals surface area contributed by atoms with Crippen molar-refractivity contribution in [1.82, 2.24) is 4.57 Å². The van der Waals surface area contributed by atoms with Crippen LogP contribution in [-0.4, -0.2) is 4.57 Å². The van der Waals surface area contributed by atoms with E-state index in [-0.39, 0.29) is 0 Å². The first-order valence-corrected chi connectivity index (χ1v) is 16.7. The highest BCUT2D eigenvalue weighted by molar-refractivity contribution is 6.29. The zero-order valence-electron chi connectivity index (χ0n) is 26.4. The van der Waals surface area contributed by atoms with Crippen LogP contribution in [0.2, 0.25) is 0 Å². The van der Waals surface area contributed by atoms with Gasteiger partial charge in [0.05, 0.1) is 17.3 Å². The highest BCUT2D eigenvalue weighted by atomic mass is 16.3. The van der Waals surface area contributed by atoms with E-state index in [9.17, 15) is 0 Å². The zero-order valence-corrected chi connectivity index (χ0v) is 26.4. The van der Waals surface area contributed by atoms with Crippen LogP contribution in [0.3, 0.4) is 0 Å². The molecule has 3 aromatic heterocycles. The van der Waals surface area contributed by atoms with Crippen molar-refractivity contribution < 1.29 is 8.83 Å². The molecule has 0 amide bonds. The summed E-state index contributed by atoms with van der Waals surface area (Å²) in [5, 5.41) is 10.7. The molecule has 0 atom stereocenters. The van der Waals surface area contributed by atoms with Crippen LogP contribution in [0.15, 0.2) is 173 Å². The van der Waals surface area contributed by atoms with E-state index in [2.05, 4.69) is 150 Å². The highest BCUT2D eigenvalue weighted by Crippen LogP contribution is 2.49. The maximum atomic E-state index is 6.47. The molecule has 11 aromatic rings. The van der Waals surface area contributed by atoms with Gasteiger partial charge in [-0.05, 0) is 86.3 Å². The summed E-state index contributed by atoms with van der Waals surface area (Å²) in [5.41, 5.74) is 10.9. The molecule has 0 saturated heterocycles. The van der Waals surface area contributed by atoms with Crippen molar-refractivity contribution in [3.05, 3.63) is 164 Å². The van der Waals surface area contributed by atoms with Gasteiger partial charge in [0.2, 0.25) is 0 Å². The van der Waals surface area contributed by atoms with Gasteiger partial charge in [0.15, 0.2) is 0 Å². The highest BCUT2D eigenvalue weighted by Gasteiger charge is 2.23. The van der Waals surface area contributed by atoms with Gasteiger partial charge in [-0.1, -0.05) is 109 Å². The average Bonchev–Trinajstić information content (AvgIpc) is 3.86. The summed E-state index contributed by atoms with van der Waals surface area (Å²) >= 11 is 0. The summed E-state index contributed by atoms with van der Waals surface area (Å²) in [7, 11) is 0. The average molecular weight is 626 g/mol. The van der Waals surface area contributed by atoms with Crippen molar-refractivity contribution in [1.29, 1.82) is 0 Å². The Morgan fingerprint density at radius 3 is 1.69 bits per heavy atom. The van der Waals surface area contributed by atoms with Gasteiger partial charge in [-0.3, -0.25) is 0 Å². The molecular formula is C46H27NO2. The van der Waals surface area contributed by atoms with E-state index in [1.165, 1.54) is 60.0 Å². The molecule has 0 fully saturated rings. The third kappa shape index (κ3) is 3.67. The van der Waals surface area contributed by atoms with Crippen LogP contribution in [-0.2, 0) is 0 Å². The molecule has 0 aliphatic carbocycles. The van der Waals surface area contributed by atoms with Gasteiger partial charge in [-0.2, -0.15) is 0 Å². The summed E-state index contributed by atoms with van der Waals surface area (Å²) in [4.78, 5) is 0. The number of benzene rings is 8. The molecule has 0 bridgehead atoms. The molecule has 228 valence electrons. The number of rotatable bonds is 3. The molecule has 3 heterocycles. The normalized spacial score (nSPS) is 12.1. The molecule has 0 unspecified atom stereocenters. The number of para-hydroxylation sites is 2. The first-order chi connectivity index (χ1) is 24.3. The van der Waals surface area contributed by atoms with Crippen molar-refractivity contribution in [3.63, 3.8) is 0 Å². The first-order valence-electron chi connectivity index (χ1n) is 16.7. The number of nitrogens with zero attached hydrogens (tertiary/aromatic N) is 1. The lowest BCUT2D eigenvalue weighted by atomic mass is 9.84. The standard InChI is InChI=1S/C46H27NO2/c1-2-12-29(13-3-1)47-38-21-9-8-18-34(38)45-35(19-10-22-39(45)47)43-30-14-4-6-16-32(30)44(33-17-7-5-15-31(33)43)36-20-11-23-40-46(36)37-26-28-24-25-48-41(28)27-42(37)49-40/h1-27H. The molecule has 0 spiro atoms. The minimum atomic E-state index is 0.830. The Morgan fingerprint density at radius 2 is 0.980 bits per heavy atom. The number of hydrogen-bond donors (Lipinski definition) is 0. The van der Waals surface area contributed by atoms with E-state index in [4.69, 9.17) is 8.83 Å². The Morgan fingerprint density at radius 1 is 0.388 bits per heavy atom. The monoisotopic (exact) mass is 625 g/mol. The predicted octanol–water partition coefficient (Wildman–Crippen LogP) is 13.1. The third-order valence-corrected chi connectivity index (χ3v) is 10.3. The lowest BCUT2D eigenvalue weighted by Gasteiger charge is -2.19. The van der Waals surface area contributed by atoms with E-state index in [1.807, 2.05) is 12.1 Å². The molecule has 0 radical (unpaired) electrons. The van der Waals surface area contributed by atoms with Gasteiger partial charge in [0.1, 0.15) is 16.7 Å². The molecule has 3 heteroatoms. The Hall–Kier alpha value is -6.58. The van der Waals surface area contributed by atoms with Crippen molar-refractivity contribution >= 4 is 76.3 Å². The van der Waals surface area contributed by atoms with Gasteiger partial charge in [-0.25, -0.2) is 0 Å². The second-order valence-electron chi connectivity index (χ2n) is 12.8. The summed E-state index contributed by atoms with van der Waals surface area (Å²) in [6.07, 6.45) is 1.74. The van der Waals surface area contributed by atoms with Crippen LogP contribution in [0.1, 0.15) is 0 Å². The van der Waals surface area contributed by atoms with Crippen LogP contribution in [0.5, 0.6) is 0 Å². The molecule has 0 saturated carbocycles. The van der Waals surface area contributed by atoms with E-state index < -0.39 is 0 Å².